The molecule has 0 spiro atoms. The number of carbonyl (C=O) groups is 2. The predicted octanol–water partition coefficient (Wildman–Crippen LogP) is 5.31. The summed E-state index contributed by atoms with van der Waals surface area (Å²) in [6.45, 7) is 0. The number of nitrogens with one attached hydrogen (secondary N) is 2. The van der Waals surface area contributed by atoms with E-state index >= 15 is 0 Å². The van der Waals surface area contributed by atoms with Crippen LogP contribution in [-0.4, -0.2) is 16.8 Å². The number of hydrogen-bond donors (Lipinski definition) is 2. The molecule has 0 saturated carbocycles. The fraction of sp³-hybridized carbons (Fsp3) is 0. The van der Waals surface area contributed by atoms with Crippen molar-refractivity contribution in [3.05, 3.63) is 88.2 Å². The highest BCUT2D eigenvalue weighted by atomic mass is 35.5. The van der Waals surface area contributed by atoms with E-state index in [1.165, 1.54) is 6.20 Å². The van der Waals surface area contributed by atoms with Gasteiger partial charge in [0.15, 0.2) is 0 Å². The first kappa shape index (κ1) is 20.7. The number of benzene rings is 2. The van der Waals surface area contributed by atoms with E-state index in [1.807, 2.05) is 0 Å². The molecule has 3 aromatic rings. The lowest BCUT2D eigenvalue weighted by atomic mass is 10.2. The Hall–Kier alpha value is -2.60. The van der Waals surface area contributed by atoms with E-state index in [-0.39, 0.29) is 29.2 Å². The van der Waals surface area contributed by atoms with E-state index in [0.29, 0.717) is 27.7 Å². The molecule has 1 aromatic heterocycles. The Labute approximate surface area is 172 Å². The van der Waals surface area contributed by atoms with Crippen LogP contribution in [-0.2, 0) is 0 Å². The molecule has 0 fully saturated rings. The summed E-state index contributed by atoms with van der Waals surface area (Å²) in [7, 11) is 0. The molecule has 1 heterocycles. The summed E-state index contributed by atoms with van der Waals surface area (Å²) in [4.78, 5) is 28.4. The van der Waals surface area contributed by atoms with Crippen LogP contribution in [0.4, 0.5) is 11.4 Å². The van der Waals surface area contributed by atoms with Gasteiger partial charge in [0.25, 0.3) is 11.8 Å². The molecule has 0 radical (unpaired) electrons. The summed E-state index contributed by atoms with van der Waals surface area (Å²) in [5.41, 5.74) is 1.53. The van der Waals surface area contributed by atoms with Crippen LogP contribution in [0.5, 0.6) is 0 Å². The Morgan fingerprint density at radius 3 is 2.22 bits per heavy atom. The second kappa shape index (κ2) is 9.37. The molecule has 8 heteroatoms. The molecular formula is C19H14Cl3N3O2. The normalized spacial score (nSPS) is 9.85. The molecule has 5 nitrogen and oxygen atoms in total. The quantitative estimate of drug-likeness (QED) is 0.598. The van der Waals surface area contributed by atoms with Crippen molar-refractivity contribution in [1.82, 2.24) is 4.98 Å². The number of amides is 2. The minimum absolute atomic E-state index is 0. The van der Waals surface area contributed by atoms with Crippen molar-refractivity contribution in [2.75, 3.05) is 10.6 Å². The average molecular weight is 423 g/mol. The average Bonchev–Trinajstić information content (AvgIpc) is 2.65. The van der Waals surface area contributed by atoms with Crippen LogP contribution in [0.3, 0.4) is 0 Å². The molecule has 2 aromatic carbocycles. The minimum Gasteiger partial charge on any atom is -0.321 e. The smallest absolute Gasteiger partial charge is 0.274 e. The van der Waals surface area contributed by atoms with Crippen LogP contribution in [0.25, 0.3) is 0 Å². The first-order chi connectivity index (χ1) is 12.5. The fourth-order valence-corrected chi connectivity index (χ4v) is 2.67. The van der Waals surface area contributed by atoms with E-state index in [4.69, 9.17) is 23.2 Å². The molecular weight excluding hydrogens is 409 g/mol. The van der Waals surface area contributed by atoms with Gasteiger partial charge in [-0.1, -0.05) is 41.4 Å². The lowest BCUT2D eigenvalue weighted by Crippen LogP contribution is -2.14. The molecule has 0 aliphatic rings. The van der Waals surface area contributed by atoms with Crippen molar-refractivity contribution in [3.63, 3.8) is 0 Å². The summed E-state index contributed by atoms with van der Waals surface area (Å²) < 4.78 is 0. The summed E-state index contributed by atoms with van der Waals surface area (Å²) >= 11 is 12.2. The number of carbonyl (C=O) groups excluding carboxylic acids is 2. The number of anilines is 2. The van der Waals surface area contributed by atoms with E-state index < -0.39 is 0 Å². The van der Waals surface area contributed by atoms with E-state index in [0.717, 1.165) is 0 Å². The maximum Gasteiger partial charge on any atom is 0.274 e. The summed E-state index contributed by atoms with van der Waals surface area (Å²) in [5, 5.41) is 6.03. The topological polar surface area (TPSA) is 71.1 Å². The minimum atomic E-state index is -0.372. The van der Waals surface area contributed by atoms with Crippen LogP contribution < -0.4 is 10.6 Å². The summed E-state index contributed by atoms with van der Waals surface area (Å²) in [6, 6.07) is 16.6. The Morgan fingerprint density at radius 1 is 0.815 bits per heavy atom. The third kappa shape index (κ3) is 5.20. The summed E-state index contributed by atoms with van der Waals surface area (Å²) in [5.74, 6) is -0.725. The standard InChI is InChI=1S/C19H13Cl2N3O2.ClH/c20-14-6-2-1-5-13(14)18(25)24-16-9-8-12(11-15(16)21)23-19(26)17-7-3-4-10-22-17;/h1-11H,(H,23,26)(H,24,25);1H. The molecule has 27 heavy (non-hydrogen) atoms. The Bertz CT molecular complexity index is 965. The molecule has 0 bridgehead atoms. The van der Waals surface area contributed by atoms with Crippen molar-refractivity contribution in [1.29, 1.82) is 0 Å². The molecule has 2 N–H and O–H groups in total. The zero-order valence-corrected chi connectivity index (χ0v) is 16.1. The van der Waals surface area contributed by atoms with Gasteiger partial charge in [-0.3, -0.25) is 14.6 Å². The molecule has 138 valence electrons. The zero-order chi connectivity index (χ0) is 18.5. The van der Waals surface area contributed by atoms with Crippen LogP contribution in [0.15, 0.2) is 66.9 Å². The van der Waals surface area contributed by atoms with Gasteiger partial charge < -0.3 is 10.6 Å². The van der Waals surface area contributed by atoms with Gasteiger partial charge in [-0.15, -0.1) is 12.4 Å². The highest BCUT2D eigenvalue weighted by Crippen LogP contribution is 2.27. The second-order valence-electron chi connectivity index (χ2n) is 5.30. The Balaban J connectivity index is 0.00000261. The van der Waals surface area contributed by atoms with Crippen molar-refractivity contribution in [2.45, 2.75) is 0 Å². The third-order valence-corrected chi connectivity index (χ3v) is 4.13. The number of pyridine rings is 1. The first-order valence-electron chi connectivity index (χ1n) is 7.62. The zero-order valence-electron chi connectivity index (χ0n) is 13.8. The number of aromatic nitrogens is 1. The van der Waals surface area contributed by atoms with Crippen molar-refractivity contribution < 1.29 is 9.59 Å². The fourth-order valence-electron chi connectivity index (χ4n) is 2.22. The molecule has 0 aliphatic carbocycles. The molecule has 3 rings (SSSR count). The van der Waals surface area contributed by atoms with Gasteiger partial charge in [0.05, 0.1) is 21.3 Å². The number of hydrogen-bond acceptors (Lipinski definition) is 3. The SMILES string of the molecule is Cl.O=C(Nc1ccc(NC(=O)c2ccccc2Cl)c(Cl)c1)c1ccccn1. The highest BCUT2D eigenvalue weighted by Gasteiger charge is 2.13. The van der Waals surface area contributed by atoms with Gasteiger partial charge >= 0.3 is 0 Å². The Morgan fingerprint density at radius 2 is 1.56 bits per heavy atom. The molecule has 0 unspecified atom stereocenters. The van der Waals surface area contributed by atoms with E-state index in [1.54, 1.807) is 60.7 Å². The highest BCUT2D eigenvalue weighted by molar-refractivity contribution is 6.36. The molecule has 0 saturated heterocycles. The van der Waals surface area contributed by atoms with Crippen LogP contribution in [0, 0.1) is 0 Å². The largest absolute Gasteiger partial charge is 0.321 e. The number of halogens is 3. The maximum absolute atomic E-state index is 12.3. The van der Waals surface area contributed by atoms with Crippen LogP contribution in [0.1, 0.15) is 20.8 Å². The van der Waals surface area contributed by atoms with Crippen LogP contribution >= 0.6 is 35.6 Å². The van der Waals surface area contributed by atoms with Gasteiger partial charge in [0, 0.05) is 11.9 Å². The third-order valence-electron chi connectivity index (χ3n) is 3.49. The van der Waals surface area contributed by atoms with Gasteiger partial charge in [0.1, 0.15) is 5.69 Å². The monoisotopic (exact) mass is 421 g/mol. The van der Waals surface area contributed by atoms with Crippen molar-refractivity contribution >= 4 is 58.8 Å². The first-order valence-corrected chi connectivity index (χ1v) is 8.38. The van der Waals surface area contributed by atoms with E-state index in [9.17, 15) is 9.59 Å². The number of rotatable bonds is 4. The predicted molar refractivity (Wildman–Crippen MR) is 110 cm³/mol. The molecule has 0 aliphatic heterocycles. The number of nitrogens with zero attached hydrogens (tertiary/aromatic N) is 1. The van der Waals surface area contributed by atoms with Crippen molar-refractivity contribution in [3.8, 4) is 0 Å². The van der Waals surface area contributed by atoms with Gasteiger partial charge in [-0.2, -0.15) is 0 Å². The van der Waals surface area contributed by atoms with Crippen LogP contribution in [0.2, 0.25) is 10.0 Å². The maximum atomic E-state index is 12.3. The second-order valence-corrected chi connectivity index (χ2v) is 6.11. The molecule has 0 atom stereocenters. The van der Waals surface area contributed by atoms with Gasteiger partial charge in [-0.25, -0.2) is 0 Å². The van der Waals surface area contributed by atoms with E-state index in [2.05, 4.69) is 15.6 Å². The lowest BCUT2D eigenvalue weighted by molar-refractivity contribution is 0.101. The summed E-state index contributed by atoms with van der Waals surface area (Å²) in [6.07, 6.45) is 1.54. The van der Waals surface area contributed by atoms with Crippen molar-refractivity contribution in [2.24, 2.45) is 0 Å². The van der Waals surface area contributed by atoms with Gasteiger partial charge in [0.2, 0.25) is 0 Å². The Kier molecular flexibility index (Phi) is 7.19. The molecule has 2 amide bonds. The van der Waals surface area contributed by atoms with Gasteiger partial charge in [-0.05, 0) is 42.5 Å². The lowest BCUT2D eigenvalue weighted by Gasteiger charge is -2.10.